The molecule has 0 spiro atoms. The Morgan fingerprint density at radius 2 is 0.900 bits per heavy atom. The number of unbranched alkanes of at least 4 members (excludes halogenated alkanes) is 3. The lowest BCUT2D eigenvalue weighted by molar-refractivity contribution is 0.0467. The van der Waals surface area contributed by atoms with Gasteiger partial charge < -0.3 is 19.7 Å². The van der Waals surface area contributed by atoms with Gasteiger partial charge in [0.25, 0.3) is 0 Å². The van der Waals surface area contributed by atoms with Crippen LogP contribution in [0.3, 0.4) is 0 Å². The van der Waals surface area contributed by atoms with E-state index in [1.54, 1.807) is 12.1 Å². The van der Waals surface area contributed by atoms with E-state index >= 15 is 0 Å². The van der Waals surface area contributed by atoms with Crippen LogP contribution < -0.4 is 0 Å². The second-order valence-corrected chi connectivity index (χ2v) is 6.39. The Bertz CT molecular complexity index is 843. The highest BCUT2D eigenvalue weighted by atomic mass is 16.5. The molecule has 2 aromatic rings. The summed E-state index contributed by atoms with van der Waals surface area (Å²) in [6.07, 6.45) is 2.60. The number of benzene rings is 2. The maximum absolute atomic E-state index is 12.0. The SMILES string of the molecule is O=C(O)c1ccccc1C(=O)OCCCCCCOC(=O)c1ccccc1C(=O)O. The van der Waals surface area contributed by atoms with Crippen LogP contribution in [0.25, 0.3) is 0 Å². The van der Waals surface area contributed by atoms with Crippen molar-refractivity contribution in [3.63, 3.8) is 0 Å². The molecule has 0 aliphatic rings. The minimum atomic E-state index is -1.19. The van der Waals surface area contributed by atoms with Gasteiger partial charge in [0, 0.05) is 0 Å². The molecule has 0 aromatic heterocycles. The summed E-state index contributed by atoms with van der Waals surface area (Å²) in [5.41, 5.74) is -0.181. The molecule has 0 saturated carbocycles. The van der Waals surface area contributed by atoms with Gasteiger partial charge in [0.2, 0.25) is 0 Å². The van der Waals surface area contributed by atoms with Gasteiger partial charge in [0.1, 0.15) is 0 Å². The van der Waals surface area contributed by atoms with Crippen LogP contribution in [0.2, 0.25) is 0 Å². The molecule has 0 atom stereocenters. The fraction of sp³-hybridized carbons (Fsp3) is 0.273. The number of rotatable bonds is 11. The van der Waals surface area contributed by atoms with Gasteiger partial charge in [-0.3, -0.25) is 0 Å². The highest BCUT2D eigenvalue weighted by Crippen LogP contribution is 2.12. The Morgan fingerprint density at radius 3 is 1.23 bits per heavy atom. The van der Waals surface area contributed by atoms with Crippen molar-refractivity contribution in [1.82, 2.24) is 0 Å². The van der Waals surface area contributed by atoms with E-state index < -0.39 is 23.9 Å². The van der Waals surface area contributed by atoms with Crippen LogP contribution in [0, 0.1) is 0 Å². The lowest BCUT2D eigenvalue weighted by atomic mass is 10.1. The predicted octanol–water partition coefficient (Wildman–Crippen LogP) is 3.66. The zero-order valence-electron chi connectivity index (χ0n) is 16.2. The molecule has 0 unspecified atom stereocenters. The molecule has 2 rings (SSSR count). The fourth-order valence-electron chi connectivity index (χ4n) is 2.74. The summed E-state index contributed by atoms with van der Waals surface area (Å²) in [5.74, 6) is -3.75. The van der Waals surface area contributed by atoms with E-state index in [2.05, 4.69) is 0 Å². The van der Waals surface area contributed by atoms with Gasteiger partial charge in [0.15, 0.2) is 0 Å². The Labute approximate surface area is 173 Å². The summed E-state index contributed by atoms with van der Waals surface area (Å²) in [5, 5.41) is 18.2. The van der Waals surface area contributed by atoms with Gasteiger partial charge in [-0.1, -0.05) is 24.3 Å². The molecule has 0 radical (unpaired) electrons. The van der Waals surface area contributed by atoms with Crippen molar-refractivity contribution >= 4 is 23.9 Å². The number of carbonyl (C=O) groups is 4. The lowest BCUT2D eigenvalue weighted by Gasteiger charge is -2.08. The van der Waals surface area contributed by atoms with E-state index in [4.69, 9.17) is 19.7 Å². The normalized spacial score (nSPS) is 10.3. The Kier molecular flexibility index (Phi) is 8.56. The first-order valence-corrected chi connectivity index (χ1v) is 9.40. The third kappa shape index (κ3) is 6.44. The minimum absolute atomic E-state index is 0.0126. The Hall–Kier alpha value is -3.68. The maximum Gasteiger partial charge on any atom is 0.339 e. The molecule has 158 valence electrons. The Morgan fingerprint density at radius 1 is 0.567 bits per heavy atom. The van der Waals surface area contributed by atoms with Crippen LogP contribution in [0.1, 0.15) is 67.1 Å². The van der Waals surface area contributed by atoms with Gasteiger partial charge in [-0.05, 0) is 49.9 Å². The lowest BCUT2D eigenvalue weighted by Crippen LogP contribution is -2.12. The first kappa shape index (κ1) is 22.6. The quantitative estimate of drug-likeness (QED) is 0.421. The summed E-state index contributed by atoms with van der Waals surface area (Å²) in [6.45, 7) is 0.303. The highest BCUT2D eigenvalue weighted by molar-refractivity contribution is 6.03. The molecular weight excluding hydrogens is 392 g/mol. The second-order valence-electron chi connectivity index (χ2n) is 6.39. The van der Waals surface area contributed by atoms with E-state index in [1.807, 2.05) is 0 Å². The van der Waals surface area contributed by atoms with Gasteiger partial charge in [0.05, 0.1) is 35.5 Å². The summed E-state index contributed by atoms with van der Waals surface area (Å²) >= 11 is 0. The van der Waals surface area contributed by atoms with Crippen molar-refractivity contribution in [3.8, 4) is 0 Å². The van der Waals surface area contributed by atoms with Crippen molar-refractivity contribution in [1.29, 1.82) is 0 Å². The molecule has 0 saturated heterocycles. The average molecular weight is 414 g/mol. The van der Waals surface area contributed by atoms with Gasteiger partial charge >= 0.3 is 23.9 Å². The van der Waals surface area contributed by atoms with E-state index in [0.717, 1.165) is 12.8 Å². The number of carboxylic acid groups (broad SMARTS) is 2. The number of esters is 2. The molecule has 8 heteroatoms. The molecule has 0 heterocycles. The van der Waals surface area contributed by atoms with Crippen LogP contribution in [0.15, 0.2) is 48.5 Å². The molecule has 8 nitrogen and oxygen atoms in total. The van der Waals surface area contributed by atoms with Crippen molar-refractivity contribution < 1.29 is 38.9 Å². The summed E-state index contributed by atoms with van der Waals surface area (Å²) in [7, 11) is 0. The van der Waals surface area contributed by atoms with Crippen molar-refractivity contribution in [2.75, 3.05) is 13.2 Å². The molecule has 0 amide bonds. The van der Waals surface area contributed by atoms with Gasteiger partial charge in [-0.15, -0.1) is 0 Å². The van der Waals surface area contributed by atoms with Gasteiger partial charge in [-0.2, -0.15) is 0 Å². The maximum atomic E-state index is 12.0. The third-order valence-electron chi connectivity index (χ3n) is 4.26. The molecule has 0 fully saturated rings. The van der Waals surface area contributed by atoms with Crippen molar-refractivity contribution in [2.45, 2.75) is 25.7 Å². The molecule has 0 aliphatic carbocycles. The zero-order chi connectivity index (χ0) is 21.9. The molecule has 30 heavy (non-hydrogen) atoms. The fourth-order valence-corrected chi connectivity index (χ4v) is 2.74. The number of carbonyl (C=O) groups excluding carboxylic acids is 2. The molecule has 2 N–H and O–H groups in total. The van der Waals surface area contributed by atoms with E-state index in [0.29, 0.717) is 12.8 Å². The molecule has 0 bridgehead atoms. The first-order chi connectivity index (χ1) is 14.4. The topological polar surface area (TPSA) is 127 Å². The number of ether oxygens (including phenoxy) is 2. The standard InChI is InChI=1S/C22H22O8/c23-19(24)15-9-3-5-11-17(15)21(27)29-13-7-1-2-8-14-30-22(28)18-12-6-4-10-16(18)20(25)26/h3-6,9-12H,1-2,7-8,13-14H2,(H,23,24)(H,25,26). The summed E-state index contributed by atoms with van der Waals surface area (Å²) in [4.78, 5) is 46.3. The van der Waals surface area contributed by atoms with Crippen LogP contribution >= 0.6 is 0 Å². The zero-order valence-corrected chi connectivity index (χ0v) is 16.2. The van der Waals surface area contributed by atoms with E-state index in [-0.39, 0.29) is 35.5 Å². The molecule has 0 aliphatic heterocycles. The largest absolute Gasteiger partial charge is 0.478 e. The summed E-state index contributed by atoms with van der Waals surface area (Å²) in [6, 6.07) is 11.7. The second kappa shape index (κ2) is 11.4. The predicted molar refractivity (Wildman–Crippen MR) is 106 cm³/mol. The van der Waals surface area contributed by atoms with Crippen LogP contribution in [0.4, 0.5) is 0 Å². The third-order valence-corrected chi connectivity index (χ3v) is 4.26. The monoisotopic (exact) mass is 414 g/mol. The van der Waals surface area contributed by atoms with Crippen LogP contribution in [-0.4, -0.2) is 47.3 Å². The van der Waals surface area contributed by atoms with Gasteiger partial charge in [-0.25, -0.2) is 19.2 Å². The molecular formula is C22H22O8. The Balaban J connectivity index is 1.64. The number of hydrogen-bond acceptors (Lipinski definition) is 6. The summed E-state index contributed by atoms with van der Waals surface area (Å²) < 4.78 is 10.2. The first-order valence-electron chi connectivity index (χ1n) is 9.40. The van der Waals surface area contributed by atoms with E-state index in [9.17, 15) is 19.2 Å². The van der Waals surface area contributed by atoms with Crippen LogP contribution in [-0.2, 0) is 9.47 Å². The number of aromatic carboxylic acids is 2. The highest BCUT2D eigenvalue weighted by Gasteiger charge is 2.17. The average Bonchev–Trinajstić information content (AvgIpc) is 2.75. The van der Waals surface area contributed by atoms with Crippen molar-refractivity contribution in [3.05, 3.63) is 70.8 Å². The molecule has 2 aromatic carbocycles. The minimum Gasteiger partial charge on any atom is -0.478 e. The van der Waals surface area contributed by atoms with Crippen LogP contribution in [0.5, 0.6) is 0 Å². The number of carboxylic acids is 2. The van der Waals surface area contributed by atoms with E-state index in [1.165, 1.54) is 36.4 Å². The smallest absolute Gasteiger partial charge is 0.339 e. The number of hydrogen-bond donors (Lipinski definition) is 2. The van der Waals surface area contributed by atoms with Crippen molar-refractivity contribution in [2.24, 2.45) is 0 Å².